The highest BCUT2D eigenvalue weighted by Gasteiger charge is 2.44. The molecule has 0 bridgehead atoms. The maximum atomic E-state index is 13.9. The van der Waals surface area contributed by atoms with Gasteiger partial charge >= 0.3 is 5.97 Å². The number of nitrogens with one attached hydrogen (secondary N) is 1. The molecule has 0 aromatic heterocycles. The molecule has 10 nitrogen and oxygen atoms in total. The number of hydrogen-bond donors (Lipinski definition) is 1. The molecular formula is C29H30N2O8S. The van der Waals surface area contributed by atoms with Gasteiger partial charge in [0.1, 0.15) is 12.4 Å². The Bertz CT molecular complexity index is 1420. The summed E-state index contributed by atoms with van der Waals surface area (Å²) >= 11 is 1.63. The Morgan fingerprint density at radius 1 is 1.18 bits per heavy atom. The molecule has 0 amide bonds. The van der Waals surface area contributed by atoms with Crippen LogP contribution in [0.1, 0.15) is 49.7 Å². The van der Waals surface area contributed by atoms with E-state index in [9.17, 15) is 19.7 Å². The number of ether oxygens (including phenoxy) is 4. The number of allylic oxidation sites excluding steroid dienone is 3. The largest absolute Gasteiger partial charge is 0.497 e. The van der Waals surface area contributed by atoms with Gasteiger partial charge in [0.05, 0.1) is 29.6 Å². The van der Waals surface area contributed by atoms with Gasteiger partial charge in [0.15, 0.2) is 17.3 Å². The normalized spacial score (nSPS) is 19.7. The van der Waals surface area contributed by atoms with E-state index < -0.39 is 16.8 Å². The van der Waals surface area contributed by atoms with Crippen LogP contribution in [-0.4, -0.2) is 48.7 Å². The van der Waals surface area contributed by atoms with Crippen molar-refractivity contribution in [3.8, 4) is 17.2 Å². The van der Waals surface area contributed by atoms with Gasteiger partial charge in [-0.2, -0.15) is 11.8 Å². The van der Waals surface area contributed by atoms with Crippen LogP contribution in [0.2, 0.25) is 0 Å². The summed E-state index contributed by atoms with van der Waals surface area (Å²) < 4.78 is 21.8. The highest BCUT2D eigenvalue weighted by atomic mass is 32.2. The Hall–Kier alpha value is -3.99. The second kappa shape index (κ2) is 11.6. The molecule has 40 heavy (non-hydrogen) atoms. The Morgan fingerprint density at radius 3 is 2.58 bits per heavy atom. The van der Waals surface area contributed by atoms with Gasteiger partial charge in [-0.05, 0) is 48.8 Å². The molecule has 0 fully saturated rings. The van der Waals surface area contributed by atoms with Gasteiger partial charge in [-0.15, -0.1) is 0 Å². The van der Waals surface area contributed by atoms with Crippen molar-refractivity contribution in [1.82, 2.24) is 5.32 Å². The van der Waals surface area contributed by atoms with Gasteiger partial charge in [0, 0.05) is 34.7 Å². The molecule has 0 saturated heterocycles. The van der Waals surface area contributed by atoms with E-state index in [1.54, 1.807) is 25.8 Å². The first kappa shape index (κ1) is 27.6. The summed E-state index contributed by atoms with van der Waals surface area (Å²) in [7, 11) is 1.60. The lowest BCUT2D eigenvalue weighted by molar-refractivity contribution is -0.385. The van der Waals surface area contributed by atoms with Gasteiger partial charge in [0.2, 0.25) is 6.79 Å². The predicted molar refractivity (Wildman–Crippen MR) is 149 cm³/mol. The van der Waals surface area contributed by atoms with Crippen molar-refractivity contribution in [3.63, 3.8) is 0 Å². The molecule has 2 aliphatic heterocycles. The number of ketones is 1. The third kappa shape index (κ3) is 5.25. The van der Waals surface area contributed by atoms with Crippen LogP contribution in [0.3, 0.4) is 0 Å². The molecule has 0 saturated carbocycles. The zero-order chi connectivity index (χ0) is 28.4. The van der Waals surface area contributed by atoms with E-state index >= 15 is 0 Å². The summed E-state index contributed by atoms with van der Waals surface area (Å²) in [5, 5.41) is 15.5. The Kier molecular flexibility index (Phi) is 8.02. The predicted octanol–water partition coefficient (Wildman–Crippen LogP) is 4.99. The van der Waals surface area contributed by atoms with Crippen molar-refractivity contribution >= 4 is 29.2 Å². The first-order valence-electron chi connectivity index (χ1n) is 13.0. The summed E-state index contributed by atoms with van der Waals surface area (Å²) in [4.78, 5) is 39.1. The van der Waals surface area contributed by atoms with Crippen LogP contribution in [0.4, 0.5) is 5.69 Å². The Balaban J connectivity index is 1.59. The Morgan fingerprint density at radius 2 is 1.90 bits per heavy atom. The van der Waals surface area contributed by atoms with E-state index in [1.165, 1.54) is 12.1 Å². The fraction of sp³-hybridized carbons (Fsp3) is 0.379. The van der Waals surface area contributed by atoms with E-state index in [2.05, 4.69) is 5.32 Å². The van der Waals surface area contributed by atoms with Crippen LogP contribution in [-0.2, 0) is 14.3 Å². The first-order chi connectivity index (χ1) is 19.3. The zero-order valence-electron chi connectivity index (χ0n) is 22.5. The number of nitro groups is 1. The third-order valence-corrected chi connectivity index (χ3v) is 8.19. The van der Waals surface area contributed by atoms with E-state index in [0.29, 0.717) is 34.9 Å². The molecule has 1 N–H and O–H groups in total. The minimum absolute atomic E-state index is 0.0720. The van der Waals surface area contributed by atoms with Gasteiger partial charge in [-0.25, -0.2) is 4.79 Å². The van der Waals surface area contributed by atoms with Gasteiger partial charge in [-0.3, -0.25) is 14.9 Å². The number of dihydropyridines is 1. The number of carbonyl (C=O) groups excluding carboxylic acids is 2. The molecule has 2 heterocycles. The van der Waals surface area contributed by atoms with E-state index in [0.717, 1.165) is 17.1 Å². The minimum Gasteiger partial charge on any atom is -0.497 e. The lowest BCUT2D eigenvalue weighted by Gasteiger charge is -2.36. The van der Waals surface area contributed by atoms with Gasteiger partial charge in [-0.1, -0.05) is 19.1 Å². The number of hydrogen-bond acceptors (Lipinski definition) is 10. The van der Waals surface area contributed by atoms with E-state index in [-0.39, 0.29) is 54.1 Å². The lowest BCUT2D eigenvalue weighted by Crippen LogP contribution is -2.36. The molecule has 2 aromatic carbocycles. The summed E-state index contributed by atoms with van der Waals surface area (Å²) in [5.74, 6) is 0.878. The van der Waals surface area contributed by atoms with E-state index in [4.69, 9.17) is 18.9 Å². The van der Waals surface area contributed by atoms with Crippen molar-refractivity contribution in [2.75, 3.05) is 32.0 Å². The SMILES string of the molecule is CCSCCOC(=O)C1=C(C)NC2=C(C(=O)C[C@H](c3ccc(OC)cc3)C2)[C@H]1c1cc2c(cc1[N+](=O)[O-])OCO2. The highest BCUT2D eigenvalue weighted by molar-refractivity contribution is 7.99. The number of carbonyl (C=O) groups is 2. The number of esters is 1. The lowest BCUT2D eigenvalue weighted by atomic mass is 9.71. The second-order valence-corrected chi connectivity index (χ2v) is 11.0. The molecule has 5 rings (SSSR count). The quantitative estimate of drug-likeness (QED) is 0.192. The number of methoxy groups -OCH3 is 1. The third-order valence-electron chi connectivity index (χ3n) is 7.33. The monoisotopic (exact) mass is 566 g/mol. The van der Waals surface area contributed by atoms with Gasteiger partial charge in [0.25, 0.3) is 5.69 Å². The molecule has 2 aromatic rings. The number of thioether (sulfide) groups is 1. The van der Waals surface area contributed by atoms with Gasteiger partial charge < -0.3 is 24.3 Å². The number of nitro benzene ring substituents is 1. The Labute approximate surface area is 235 Å². The average Bonchev–Trinajstić information content (AvgIpc) is 3.41. The summed E-state index contributed by atoms with van der Waals surface area (Å²) in [6, 6.07) is 10.4. The number of fused-ring (bicyclic) bond motifs is 1. The van der Waals surface area contributed by atoms with Crippen LogP contribution < -0.4 is 19.5 Å². The average molecular weight is 567 g/mol. The van der Waals surface area contributed by atoms with Crippen molar-refractivity contribution in [2.24, 2.45) is 0 Å². The van der Waals surface area contributed by atoms with Crippen LogP contribution in [0, 0.1) is 10.1 Å². The maximum absolute atomic E-state index is 13.9. The van der Waals surface area contributed by atoms with Crippen molar-refractivity contribution in [2.45, 2.75) is 38.5 Å². The number of Topliss-reactive ketones (excluding diaryl/α,β-unsaturated/α-hetero) is 1. The number of nitrogens with zero attached hydrogens (tertiary/aromatic N) is 1. The van der Waals surface area contributed by atoms with Crippen LogP contribution in [0.5, 0.6) is 17.2 Å². The molecular weight excluding hydrogens is 536 g/mol. The van der Waals surface area contributed by atoms with Crippen molar-refractivity contribution in [3.05, 3.63) is 80.2 Å². The van der Waals surface area contributed by atoms with Crippen molar-refractivity contribution in [1.29, 1.82) is 0 Å². The van der Waals surface area contributed by atoms with Crippen molar-refractivity contribution < 1.29 is 33.5 Å². The van der Waals surface area contributed by atoms with Crippen LogP contribution in [0.15, 0.2) is 58.9 Å². The second-order valence-electron chi connectivity index (χ2n) is 9.64. The standard InChI is InChI=1S/C29H30N2O8S/c1-4-40-10-9-37-29(33)26-16(2)30-21-11-18(17-5-7-19(36-3)8-6-17)12-23(32)28(21)27(26)20-13-24-25(39-15-38-24)14-22(20)31(34)35/h5-8,13-14,18,27,30H,4,9-12,15H2,1-3H3/t18-,27+/m1/s1. The summed E-state index contributed by atoms with van der Waals surface area (Å²) in [5.41, 5.74) is 2.57. The molecule has 0 unspecified atom stereocenters. The topological polar surface area (TPSA) is 126 Å². The molecule has 210 valence electrons. The smallest absolute Gasteiger partial charge is 0.336 e. The summed E-state index contributed by atoms with van der Waals surface area (Å²) in [6.07, 6.45) is 0.686. The molecule has 0 spiro atoms. The first-order valence-corrected chi connectivity index (χ1v) is 14.2. The fourth-order valence-corrected chi connectivity index (χ4v) is 5.97. The van der Waals surface area contributed by atoms with E-state index in [1.807, 2.05) is 31.2 Å². The van der Waals surface area contributed by atoms with Crippen LogP contribution >= 0.6 is 11.8 Å². The molecule has 11 heteroatoms. The summed E-state index contributed by atoms with van der Waals surface area (Å²) in [6.45, 7) is 3.86. The fourth-order valence-electron chi connectivity index (χ4n) is 5.48. The molecule has 0 radical (unpaired) electrons. The highest BCUT2D eigenvalue weighted by Crippen LogP contribution is 2.50. The molecule has 1 aliphatic carbocycles. The molecule has 2 atom stereocenters. The molecule has 3 aliphatic rings. The number of rotatable bonds is 9. The zero-order valence-corrected chi connectivity index (χ0v) is 23.3. The number of benzene rings is 2. The minimum atomic E-state index is -0.998. The van der Waals surface area contributed by atoms with Crippen LogP contribution in [0.25, 0.3) is 0 Å². The maximum Gasteiger partial charge on any atom is 0.336 e.